The van der Waals surface area contributed by atoms with Crippen LogP contribution in [0.25, 0.3) is 0 Å². The van der Waals surface area contributed by atoms with E-state index in [1.54, 1.807) is 43.3 Å². The number of aromatic amines is 1. The van der Waals surface area contributed by atoms with Crippen LogP contribution in [0, 0.1) is 6.92 Å². The molecule has 1 aromatic heterocycles. The van der Waals surface area contributed by atoms with Gasteiger partial charge in [0.15, 0.2) is 11.6 Å². The summed E-state index contributed by atoms with van der Waals surface area (Å²) in [5, 5.41) is 2.85. The van der Waals surface area contributed by atoms with Crippen molar-refractivity contribution in [2.24, 2.45) is 0 Å². The van der Waals surface area contributed by atoms with Gasteiger partial charge in [-0.05, 0) is 38.0 Å². The van der Waals surface area contributed by atoms with Gasteiger partial charge >= 0.3 is 0 Å². The fourth-order valence-corrected chi connectivity index (χ4v) is 3.54. The molecule has 0 atom stereocenters. The molecule has 3 rings (SSSR count). The summed E-state index contributed by atoms with van der Waals surface area (Å²) in [5.41, 5.74) is 4.03. The first-order chi connectivity index (χ1) is 13.9. The number of Topliss-reactive ketones (excluding diaryl/α,β-unsaturated/α-hetero) is 1. The zero-order valence-corrected chi connectivity index (χ0v) is 16.8. The van der Waals surface area contributed by atoms with Gasteiger partial charge in [0.2, 0.25) is 0 Å². The maximum atomic E-state index is 12.9. The van der Waals surface area contributed by atoms with E-state index in [1.807, 2.05) is 25.1 Å². The molecular formula is C24H24N2O3. The van der Waals surface area contributed by atoms with E-state index in [1.165, 1.54) is 6.92 Å². The van der Waals surface area contributed by atoms with Gasteiger partial charge in [0.25, 0.3) is 5.91 Å². The lowest BCUT2D eigenvalue weighted by Crippen LogP contribution is -2.15. The molecule has 0 unspecified atom stereocenters. The summed E-state index contributed by atoms with van der Waals surface area (Å²) in [4.78, 5) is 40.7. The lowest BCUT2D eigenvalue weighted by molar-refractivity contribution is 0.101. The fourth-order valence-electron chi connectivity index (χ4n) is 3.54. The van der Waals surface area contributed by atoms with Gasteiger partial charge in [-0.2, -0.15) is 0 Å². The SMILES string of the molecule is CCCc1c(C(=O)Nc2cccc(C(=O)c3ccccc3)c2)[nH]c(C)c1C(C)=O. The minimum atomic E-state index is -0.326. The normalized spacial score (nSPS) is 10.6. The maximum absolute atomic E-state index is 12.9. The Morgan fingerprint density at radius 1 is 0.966 bits per heavy atom. The lowest BCUT2D eigenvalue weighted by Gasteiger charge is -2.09. The number of carbonyl (C=O) groups excluding carboxylic acids is 3. The molecule has 0 saturated heterocycles. The third kappa shape index (κ3) is 4.35. The van der Waals surface area contributed by atoms with Crippen LogP contribution in [0.5, 0.6) is 0 Å². The van der Waals surface area contributed by atoms with Crippen LogP contribution in [0.15, 0.2) is 54.6 Å². The first-order valence-electron chi connectivity index (χ1n) is 9.66. The van der Waals surface area contributed by atoms with E-state index in [2.05, 4.69) is 10.3 Å². The topological polar surface area (TPSA) is 79.0 Å². The minimum Gasteiger partial charge on any atom is -0.354 e. The standard InChI is InChI=1S/C24H24N2O3/c1-4-9-20-21(16(3)27)15(2)25-22(20)24(29)26-19-13-8-12-18(14-19)23(28)17-10-6-5-7-11-17/h5-8,10-14,25H,4,9H2,1-3H3,(H,26,29). The number of amides is 1. The van der Waals surface area contributed by atoms with Gasteiger partial charge in [0.1, 0.15) is 5.69 Å². The molecule has 3 aromatic rings. The first-order valence-corrected chi connectivity index (χ1v) is 9.66. The Balaban J connectivity index is 1.88. The molecular weight excluding hydrogens is 364 g/mol. The number of anilines is 1. The van der Waals surface area contributed by atoms with Crippen molar-refractivity contribution in [1.29, 1.82) is 0 Å². The second kappa shape index (κ2) is 8.69. The predicted molar refractivity (Wildman–Crippen MR) is 114 cm³/mol. The number of nitrogens with one attached hydrogen (secondary N) is 2. The molecule has 5 nitrogen and oxygen atoms in total. The Labute approximate surface area is 170 Å². The largest absolute Gasteiger partial charge is 0.354 e. The highest BCUT2D eigenvalue weighted by atomic mass is 16.2. The Bertz CT molecular complexity index is 1060. The van der Waals surface area contributed by atoms with Crippen LogP contribution in [-0.2, 0) is 6.42 Å². The molecule has 0 aliphatic heterocycles. The minimum absolute atomic E-state index is 0.0586. The molecule has 2 aromatic carbocycles. The Kier molecular flexibility index (Phi) is 6.07. The quantitative estimate of drug-likeness (QED) is 0.561. The van der Waals surface area contributed by atoms with Gasteiger partial charge in [-0.3, -0.25) is 14.4 Å². The monoisotopic (exact) mass is 388 g/mol. The van der Waals surface area contributed by atoms with E-state index >= 15 is 0 Å². The highest BCUT2D eigenvalue weighted by molar-refractivity contribution is 6.11. The second-order valence-corrected chi connectivity index (χ2v) is 7.01. The van der Waals surface area contributed by atoms with Crippen LogP contribution in [-0.4, -0.2) is 22.5 Å². The van der Waals surface area contributed by atoms with Crippen molar-refractivity contribution in [2.75, 3.05) is 5.32 Å². The molecule has 0 bridgehead atoms. The number of H-pyrrole nitrogens is 1. The van der Waals surface area contributed by atoms with Gasteiger partial charge < -0.3 is 10.3 Å². The van der Waals surface area contributed by atoms with Crippen molar-refractivity contribution in [3.8, 4) is 0 Å². The summed E-state index contributed by atoms with van der Waals surface area (Å²) in [6, 6.07) is 15.9. The van der Waals surface area contributed by atoms with Gasteiger partial charge in [-0.15, -0.1) is 0 Å². The van der Waals surface area contributed by atoms with Crippen molar-refractivity contribution >= 4 is 23.2 Å². The van der Waals surface area contributed by atoms with Crippen molar-refractivity contribution in [1.82, 2.24) is 4.98 Å². The molecule has 1 heterocycles. The first kappa shape index (κ1) is 20.3. The Hall–Kier alpha value is -3.47. The summed E-state index contributed by atoms with van der Waals surface area (Å²) in [7, 11) is 0. The highest BCUT2D eigenvalue weighted by Gasteiger charge is 2.22. The van der Waals surface area contributed by atoms with Crippen molar-refractivity contribution in [3.05, 3.63) is 88.2 Å². The predicted octanol–water partition coefficient (Wildman–Crippen LogP) is 4.96. The van der Waals surface area contributed by atoms with Crippen LogP contribution in [0.4, 0.5) is 5.69 Å². The summed E-state index contributed by atoms with van der Waals surface area (Å²) in [6.45, 7) is 5.31. The third-order valence-electron chi connectivity index (χ3n) is 4.79. The van der Waals surface area contributed by atoms with Gasteiger partial charge in [0, 0.05) is 28.1 Å². The number of ketones is 2. The molecule has 0 aliphatic rings. The molecule has 148 valence electrons. The molecule has 29 heavy (non-hydrogen) atoms. The Morgan fingerprint density at radius 3 is 2.31 bits per heavy atom. The molecule has 0 spiro atoms. The molecule has 1 amide bonds. The zero-order chi connectivity index (χ0) is 21.0. The summed E-state index contributed by atoms with van der Waals surface area (Å²) in [5.74, 6) is -0.493. The average Bonchev–Trinajstić information content (AvgIpc) is 3.05. The molecule has 0 radical (unpaired) electrons. The highest BCUT2D eigenvalue weighted by Crippen LogP contribution is 2.23. The van der Waals surface area contributed by atoms with E-state index in [4.69, 9.17) is 0 Å². The number of hydrogen-bond acceptors (Lipinski definition) is 3. The van der Waals surface area contributed by atoms with Crippen molar-refractivity contribution < 1.29 is 14.4 Å². The van der Waals surface area contributed by atoms with Crippen LogP contribution < -0.4 is 5.32 Å². The number of carbonyl (C=O) groups is 3. The van der Waals surface area contributed by atoms with E-state index in [-0.39, 0.29) is 17.5 Å². The van der Waals surface area contributed by atoms with Gasteiger partial charge in [0.05, 0.1) is 0 Å². The molecule has 0 saturated carbocycles. The number of rotatable bonds is 7. The summed E-state index contributed by atoms with van der Waals surface area (Å²) in [6.07, 6.45) is 1.45. The van der Waals surface area contributed by atoms with E-state index in [0.29, 0.717) is 40.2 Å². The van der Waals surface area contributed by atoms with E-state index in [0.717, 1.165) is 12.0 Å². The van der Waals surface area contributed by atoms with Crippen molar-refractivity contribution in [3.63, 3.8) is 0 Å². The zero-order valence-electron chi connectivity index (χ0n) is 16.8. The van der Waals surface area contributed by atoms with Gasteiger partial charge in [-0.25, -0.2) is 0 Å². The average molecular weight is 388 g/mol. The summed E-state index contributed by atoms with van der Waals surface area (Å²) < 4.78 is 0. The van der Waals surface area contributed by atoms with Crippen LogP contribution in [0.2, 0.25) is 0 Å². The van der Waals surface area contributed by atoms with Crippen LogP contribution in [0.3, 0.4) is 0 Å². The lowest BCUT2D eigenvalue weighted by atomic mass is 10.0. The fraction of sp³-hybridized carbons (Fsp3) is 0.208. The number of aryl methyl sites for hydroxylation is 1. The number of benzene rings is 2. The van der Waals surface area contributed by atoms with Crippen molar-refractivity contribution in [2.45, 2.75) is 33.6 Å². The Morgan fingerprint density at radius 2 is 1.66 bits per heavy atom. The van der Waals surface area contributed by atoms with Crippen LogP contribution in [0.1, 0.15) is 68.3 Å². The molecule has 0 aliphatic carbocycles. The van der Waals surface area contributed by atoms with E-state index in [9.17, 15) is 14.4 Å². The number of hydrogen-bond donors (Lipinski definition) is 2. The second-order valence-electron chi connectivity index (χ2n) is 7.01. The molecule has 2 N–H and O–H groups in total. The van der Waals surface area contributed by atoms with E-state index < -0.39 is 0 Å². The number of aromatic nitrogens is 1. The summed E-state index contributed by atoms with van der Waals surface area (Å²) >= 11 is 0. The van der Waals surface area contributed by atoms with Gasteiger partial charge in [-0.1, -0.05) is 55.8 Å². The maximum Gasteiger partial charge on any atom is 0.272 e. The third-order valence-corrected chi connectivity index (χ3v) is 4.79. The molecule has 5 heteroatoms. The smallest absolute Gasteiger partial charge is 0.272 e. The van der Waals surface area contributed by atoms with Crippen LogP contribution >= 0.6 is 0 Å². The molecule has 0 fully saturated rings.